The highest BCUT2D eigenvalue weighted by Gasteiger charge is 2.32. The van der Waals surface area contributed by atoms with Gasteiger partial charge in [-0.1, -0.05) is 12.1 Å². The quantitative estimate of drug-likeness (QED) is 0.493. The van der Waals surface area contributed by atoms with Crippen molar-refractivity contribution in [2.75, 3.05) is 31.3 Å². The molecule has 4 nitrogen and oxygen atoms in total. The molecule has 0 saturated carbocycles. The lowest BCUT2D eigenvalue weighted by Gasteiger charge is -2.41. The number of hydrogen-bond acceptors (Lipinski definition) is 3. The fourth-order valence-electron chi connectivity index (χ4n) is 3.80. The third-order valence-corrected chi connectivity index (χ3v) is 5.39. The van der Waals surface area contributed by atoms with Gasteiger partial charge in [0.25, 0.3) is 0 Å². The molecule has 0 spiro atoms. The highest BCUT2D eigenvalue weighted by atomic mass is 19.4. The van der Waals surface area contributed by atoms with Crippen LogP contribution in [-0.2, 0) is 10.9 Å². The first-order valence-electron chi connectivity index (χ1n) is 9.70. The van der Waals surface area contributed by atoms with Crippen LogP contribution in [0.1, 0.15) is 40.2 Å². The van der Waals surface area contributed by atoms with E-state index in [-0.39, 0.29) is 24.1 Å². The summed E-state index contributed by atoms with van der Waals surface area (Å²) in [5, 5.41) is 9.10. The Morgan fingerprint density at radius 1 is 1.07 bits per heavy atom. The number of rotatable bonds is 7. The van der Waals surface area contributed by atoms with Crippen LogP contribution in [0.15, 0.2) is 48.5 Å². The Bertz CT molecular complexity index is 837. The summed E-state index contributed by atoms with van der Waals surface area (Å²) < 4.78 is 56.3. The fraction of sp³-hybridized carbons (Fsp3) is 0.409. The van der Waals surface area contributed by atoms with E-state index in [0.717, 1.165) is 36.2 Å². The van der Waals surface area contributed by atoms with E-state index < -0.39 is 24.4 Å². The van der Waals surface area contributed by atoms with Crippen LogP contribution in [0, 0.1) is 0 Å². The molecular weight excluding hydrogens is 402 g/mol. The van der Waals surface area contributed by atoms with Gasteiger partial charge in [-0.2, -0.15) is 13.2 Å². The van der Waals surface area contributed by atoms with Gasteiger partial charge in [-0.25, -0.2) is 9.18 Å². The zero-order valence-corrected chi connectivity index (χ0v) is 16.2. The Kier molecular flexibility index (Phi) is 6.97. The van der Waals surface area contributed by atoms with Crippen LogP contribution in [0.4, 0.5) is 23.2 Å². The molecule has 2 atom stereocenters. The van der Waals surface area contributed by atoms with Gasteiger partial charge in [0.05, 0.1) is 30.4 Å². The third-order valence-electron chi connectivity index (χ3n) is 5.39. The maximum absolute atomic E-state index is 12.8. The smallest absolute Gasteiger partial charge is 0.416 e. The number of carboxylic acids is 1. The molecule has 8 heteroatoms. The number of alkyl halides is 4. The van der Waals surface area contributed by atoms with Gasteiger partial charge in [0.15, 0.2) is 0 Å². The van der Waals surface area contributed by atoms with Crippen LogP contribution in [0.25, 0.3) is 0 Å². The second-order valence-corrected chi connectivity index (χ2v) is 7.32. The van der Waals surface area contributed by atoms with E-state index in [0.29, 0.717) is 13.2 Å². The van der Waals surface area contributed by atoms with Crippen molar-refractivity contribution in [1.29, 1.82) is 0 Å². The van der Waals surface area contributed by atoms with Crippen molar-refractivity contribution < 1.29 is 32.2 Å². The summed E-state index contributed by atoms with van der Waals surface area (Å²) in [4.78, 5) is 13.2. The fourth-order valence-corrected chi connectivity index (χ4v) is 3.80. The van der Waals surface area contributed by atoms with E-state index in [1.165, 1.54) is 24.3 Å². The van der Waals surface area contributed by atoms with Crippen molar-refractivity contribution >= 4 is 11.7 Å². The minimum absolute atomic E-state index is 0.00459. The van der Waals surface area contributed by atoms with Crippen molar-refractivity contribution in [3.05, 3.63) is 65.2 Å². The topological polar surface area (TPSA) is 49.8 Å². The van der Waals surface area contributed by atoms with E-state index in [2.05, 4.69) is 4.90 Å². The summed E-state index contributed by atoms with van der Waals surface area (Å²) in [7, 11) is 0. The first kappa shape index (κ1) is 22.1. The molecule has 1 aliphatic rings. The molecule has 2 aromatic rings. The van der Waals surface area contributed by atoms with E-state index in [9.17, 15) is 22.4 Å². The number of carbonyl (C=O) groups is 1. The van der Waals surface area contributed by atoms with E-state index in [1.54, 1.807) is 12.1 Å². The second kappa shape index (κ2) is 9.47. The Hall–Kier alpha value is -2.61. The highest BCUT2D eigenvalue weighted by molar-refractivity contribution is 5.88. The summed E-state index contributed by atoms with van der Waals surface area (Å²) >= 11 is 0. The van der Waals surface area contributed by atoms with Gasteiger partial charge < -0.3 is 14.7 Å². The summed E-state index contributed by atoms with van der Waals surface area (Å²) in [5.74, 6) is -1.01. The van der Waals surface area contributed by atoms with Crippen LogP contribution < -0.4 is 4.90 Å². The predicted molar refractivity (Wildman–Crippen MR) is 105 cm³/mol. The molecule has 1 heterocycles. The predicted octanol–water partition coefficient (Wildman–Crippen LogP) is 5.14. The van der Waals surface area contributed by atoms with E-state index >= 15 is 0 Å². The van der Waals surface area contributed by atoms with Gasteiger partial charge >= 0.3 is 12.1 Å². The summed E-state index contributed by atoms with van der Waals surface area (Å²) in [6.07, 6.45) is -2.89. The number of piperidine rings is 1. The van der Waals surface area contributed by atoms with Crippen LogP contribution in [-0.4, -0.2) is 43.6 Å². The van der Waals surface area contributed by atoms with Gasteiger partial charge in [-0.15, -0.1) is 0 Å². The van der Waals surface area contributed by atoms with E-state index in [4.69, 9.17) is 9.84 Å². The monoisotopic (exact) mass is 425 g/mol. The minimum Gasteiger partial charge on any atom is -0.478 e. The maximum atomic E-state index is 12.8. The van der Waals surface area contributed by atoms with Crippen LogP contribution in [0.2, 0.25) is 0 Å². The number of benzene rings is 2. The maximum Gasteiger partial charge on any atom is 0.416 e. The van der Waals surface area contributed by atoms with Crippen molar-refractivity contribution in [1.82, 2.24) is 0 Å². The molecule has 30 heavy (non-hydrogen) atoms. The standard InChI is InChI=1S/C22H23F4NO3/c23-11-12-30-14-20-10-5-17(15-1-6-18(7-2-15)22(24,25)26)13-27(20)19-8-3-16(4-9-19)21(28)29/h1-4,6-9,17,20H,5,10-14H2,(H,28,29)/t17?,20-/m0/s1. The molecule has 0 amide bonds. The zero-order chi connectivity index (χ0) is 21.7. The summed E-state index contributed by atoms with van der Waals surface area (Å²) in [6.45, 7) is 0.296. The Morgan fingerprint density at radius 2 is 1.73 bits per heavy atom. The van der Waals surface area contributed by atoms with Gasteiger partial charge in [-0.05, 0) is 54.8 Å². The van der Waals surface area contributed by atoms with Gasteiger partial charge in [0.1, 0.15) is 6.67 Å². The molecule has 1 N–H and O–H groups in total. The van der Waals surface area contributed by atoms with Crippen LogP contribution >= 0.6 is 0 Å². The van der Waals surface area contributed by atoms with Crippen molar-refractivity contribution in [2.45, 2.75) is 31.0 Å². The molecule has 1 unspecified atom stereocenters. The summed E-state index contributed by atoms with van der Waals surface area (Å²) in [5.41, 5.74) is 1.10. The van der Waals surface area contributed by atoms with Crippen LogP contribution in [0.3, 0.4) is 0 Å². The number of nitrogens with zero attached hydrogens (tertiary/aromatic N) is 1. The van der Waals surface area contributed by atoms with Gasteiger partial charge in [-0.3, -0.25) is 0 Å². The number of carboxylic acid groups (broad SMARTS) is 1. The van der Waals surface area contributed by atoms with Crippen molar-refractivity contribution in [2.24, 2.45) is 0 Å². The second-order valence-electron chi connectivity index (χ2n) is 7.32. The largest absolute Gasteiger partial charge is 0.478 e. The Morgan fingerprint density at radius 3 is 2.30 bits per heavy atom. The number of halogens is 4. The molecule has 3 rings (SSSR count). The molecule has 0 aromatic heterocycles. The highest BCUT2D eigenvalue weighted by Crippen LogP contribution is 2.35. The van der Waals surface area contributed by atoms with E-state index in [1.807, 2.05) is 0 Å². The SMILES string of the molecule is O=C(O)c1ccc(N2CC(c3ccc(C(F)(F)F)cc3)CC[C@H]2COCCF)cc1. The molecular formula is C22H23F4NO3. The molecule has 0 aliphatic carbocycles. The van der Waals surface area contributed by atoms with Gasteiger partial charge in [0, 0.05) is 18.2 Å². The van der Waals surface area contributed by atoms with Crippen molar-refractivity contribution in [3.8, 4) is 0 Å². The number of anilines is 1. The zero-order valence-electron chi connectivity index (χ0n) is 16.2. The average Bonchev–Trinajstić information content (AvgIpc) is 2.73. The number of hydrogen-bond donors (Lipinski definition) is 1. The number of aromatic carboxylic acids is 1. The van der Waals surface area contributed by atoms with Crippen LogP contribution in [0.5, 0.6) is 0 Å². The first-order valence-corrected chi connectivity index (χ1v) is 9.70. The molecule has 1 saturated heterocycles. The van der Waals surface area contributed by atoms with Crippen molar-refractivity contribution in [3.63, 3.8) is 0 Å². The first-order chi connectivity index (χ1) is 14.3. The Balaban J connectivity index is 1.80. The Labute approximate surface area is 172 Å². The lowest BCUT2D eigenvalue weighted by molar-refractivity contribution is -0.137. The molecule has 0 bridgehead atoms. The molecule has 2 aromatic carbocycles. The molecule has 1 aliphatic heterocycles. The minimum atomic E-state index is -4.37. The number of ether oxygens (including phenoxy) is 1. The molecule has 0 radical (unpaired) electrons. The lowest BCUT2D eigenvalue weighted by Crippen LogP contribution is -2.45. The average molecular weight is 425 g/mol. The lowest BCUT2D eigenvalue weighted by atomic mass is 9.86. The molecule has 162 valence electrons. The molecule has 1 fully saturated rings. The normalized spacial score (nSPS) is 19.7. The van der Waals surface area contributed by atoms with Gasteiger partial charge in [0.2, 0.25) is 0 Å². The summed E-state index contributed by atoms with van der Waals surface area (Å²) in [6, 6.07) is 11.6. The third kappa shape index (κ3) is 5.30.